The fourth-order valence-corrected chi connectivity index (χ4v) is 34.7. The molecule has 3 radical (unpaired) electrons. The topological polar surface area (TPSA) is 266 Å². The van der Waals surface area contributed by atoms with Crippen molar-refractivity contribution < 1.29 is 148 Å². The molecule has 15 unspecified atom stereocenters. The first-order chi connectivity index (χ1) is 57.2. The van der Waals surface area contributed by atoms with Crippen molar-refractivity contribution >= 4 is 20.0 Å². The fraction of sp³-hybridized carbons (Fsp3) is 0.800. The fourth-order valence-electron chi connectivity index (χ4n) is 34.7. The van der Waals surface area contributed by atoms with Crippen LogP contribution in [0.3, 0.4) is 0 Å². The van der Waals surface area contributed by atoms with Gasteiger partial charge in [0.2, 0.25) is 0 Å². The molecule has 0 spiro atoms. The molecular formula is C110H160BKNaO13. The van der Waals surface area contributed by atoms with E-state index in [0.717, 1.165) is 154 Å². The molecule has 0 aliphatic heterocycles. The SMILES string of the molecule is C#C[C@]1(O)CCC2C3C(=O)C=C4C[C@@H](C)CC[C@]4(C)C3CC[C@@]21C.C#C[C@]1(O)CCC2C3C(=O)C=C4C[C@@H](C)CC[C@]4(C)C3CC[C@@]21C.C#C[C@]1(O)CCC2C3C(CC[C@@]21C)[C@@]1(C)CC[C@H](C)CC1=C[C@@H]3O.C#C[C@]1(O)CCC2C3C(CC[C@@]21C)[C@@]1(C)CC[C@H](C)CC1=C[C@@H]3O.C#C[C@]1(O)CCC2C3C(CC[C@@]21C)[C@@]1(C)CC[C@H](O)CC1=C[C@@H]3O.CO.[B].[H-].[K+].[Na+].[OH-]. The Bertz CT molecular complexity index is 4110. The number of carbonyl (C=O) groups excluding carboxylic acids is 2. The van der Waals surface area contributed by atoms with Crippen molar-refractivity contribution in [3.8, 4) is 61.7 Å². The molecule has 20 rings (SSSR count). The Morgan fingerprint density at radius 3 is 0.778 bits per heavy atom. The first-order valence-corrected chi connectivity index (χ1v) is 49.1. The standard InChI is InChI=1S/2C22H32O2.2C22H30O2.C21H30O3.CH4O.B.K.Na.H2O.H/c4*1-5-22(24)11-8-17-19-16(7-10-21(17,22)4)20(3)9-6-14(2)12-15(20)13-18(19)23;1-4-21(24)10-7-16-18-15(6-9-20(16,21)3)19(2)8-5-14(22)11-13(19)12-17(18)23;1-2;;;;;/h2*1,13-14,16-19,23-24H,6-12H2,2-4H3;2*1,13-14,16-17,19,24H,6-12H2,2-4H3;1,12,14-18,22-24H,5-11H2,2-3H3;2H,1H3;;;;1H2;/q;;;;;;;2*+1;;-1/p-1/t2*14-,16?,17?,18-,19?,20-,21-,22-;2*14-,16?,17?,19?,20-,21-,22-;14-,15?,16?,17-,18?,19-,20-,21-;;;;;;/m00000....../s1. The van der Waals surface area contributed by atoms with E-state index in [1.165, 1.54) is 79.2 Å². The number of rotatable bonds is 0. The molecule has 0 aromatic rings. The van der Waals surface area contributed by atoms with Gasteiger partial charge in [-0.1, -0.05) is 173 Å². The maximum Gasteiger partial charge on any atom is 1.00 e. The Morgan fingerprint density at radius 2 is 0.516 bits per heavy atom. The maximum absolute atomic E-state index is 13.1. The zero-order valence-corrected chi connectivity index (χ0v) is 85.7. The van der Waals surface area contributed by atoms with E-state index < -0.39 is 34.1 Å². The monoisotopic (exact) mass is 1760 g/mol. The summed E-state index contributed by atoms with van der Waals surface area (Å²) in [6.45, 7) is 32.1. The molecule has 20 aliphatic carbocycles. The number of hydrogen-bond donors (Lipinski definition) is 10. The average molecular weight is 1760 g/mol. The van der Waals surface area contributed by atoms with E-state index in [2.05, 4.69) is 139 Å². The number of allylic oxidation sites excluding steroid dienone is 6. The normalized spacial score (nSPS) is 52.7. The van der Waals surface area contributed by atoms with E-state index >= 15 is 0 Å². The molecule has 0 amide bonds. The van der Waals surface area contributed by atoms with Gasteiger partial charge in [0, 0.05) is 54.4 Å². The summed E-state index contributed by atoms with van der Waals surface area (Å²) in [6.07, 6.45) is 72.5. The van der Waals surface area contributed by atoms with Gasteiger partial charge in [0.25, 0.3) is 0 Å². The summed E-state index contributed by atoms with van der Waals surface area (Å²) in [5, 5.41) is 105. The average Bonchev–Trinajstić information content (AvgIpc) is 1.69. The van der Waals surface area contributed by atoms with Crippen molar-refractivity contribution in [3.05, 3.63) is 58.2 Å². The van der Waals surface area contributed by atoms with Gasteiger partial charge in [-0.15, -0.1) is 32.1 Å². The van der Waals surface area contributed by atoms with Gasteiger partial charge in [-0.3, -0.25) is 9.59 Å². The van der Waals surface area contributed by atoms with Crippen LogP contribution >= 0.6 is 0 Å². The molecule has 0 aromatic heterocycles. The summed E-state index contributed by atoms with van der Waals surface area (Å²) in [4.78, 5) is 26.2. The van der Waals surface area contributed by atoms with Gasteiger partial charge >= 0.3 is 80.9 Å². The molecule has 126 heavy (non-hydrogen) atoms. The quantitative estimate of drug-likeness (QED) is 0.0615. The number of ketones is 2. The number of fused-ring (bicyclic) bond motifs is 25. The van der Waals surface area contributed by atoms with Crippen molar-refractivity contribution in [2.45, 2.75) is 374 Å². The first kappa shape index (κ1) is 105. The van der Waals surface area contributed by atoms with Crippen molar-refractivity contribution in [1.82, 2.24) is 0 Å². The van der Waals surface area contributed by atoms with Crippen LogP contribution in [0.1, 0.15) is 323 Å². The molecule has 0 bridgehead atoms. The van der Waals surface area contributed by atoms with Gasteiger partial charge in [-0.05, 0) is 365 Å². The summed E-state index contributed by atoms with van der Waals surface area (Å²) < 4.78 is 0. The largest absolute Gasteiger partial charge is 1.00 e. The Labute approximate surface area is 828 Å². The van der Waals surface area contributed by atoms with E-state index in [4.69, 9.17) is 37.2 Å². The van der Waals surface area contributed by atoms with E-state index in [9.17, 15) is 55.5 Å². The van der Waals surface area contributed by atoms with Crippen LogP contribution in [-0.2, 0) is 9.59 Å². The number of terminal acetylenes is 5. The molecule has 0 aromatic carbocycles. The third-order valence-corrected chi connectivity index (χ3v) is 43.2. The van der Waals surface area contributed by atoms with Crippen molar-refractivity contribution in [2.75, 3.05) is 7.11 Å². The number of hydrogen-bond acceptors (Lipinski definition) is 13. The zero-order chi connectivity index (χ0) is 88.6. The van der Waals surface area contributed by atoms with E-state index in [1.807, 2.05) is 18.2 Å². The Kier molecular flexibility index (Phi) is 30.6. The second-order valence-electron chi connectivity index (χ2n) is 47.9. The maximum atomic E-state index is 13.1. The molecule has 11 N–H and O–H groups in total. The van der Waals surface area contributed by atoms with Crippen LogP contribution in [0.2, 0.25) is 0 Å². The smallest absolute Gasteiger partial charge is 1.00 e. The number of aliphatic hydroxyl groups excluding tert-OH is 5. The van der Waals surface area contributed by atoms with E-state index in [1.54, 1.807) is 0 Å². The molecule has 683 valence electrons. The van der Waals surface area contributed by atoms with E-state index in [0.29, 0.717) is 103 Å². The molecule has 0 saturated heterocycles. The Balaban J connectivity index is 0.000000163. The Hall–Kier alpha value is -1.90. The third kappa shape index (κ3) is 15.7. The number of aliphatic hydroxyl groups is 10. The molecule has 20 aliphatic rings. The minimum absolute atomic E-state index is 0. The van der Waals surface area contributed by atoms with Gasteiger partial charge in [0.15, 0.2) is 11.6 Å². The zero-order valence-electron chi connectivity index (χ0n) is 81.6. The summed E-state index contributed by atoms with van der Waals surface area (Å²) >= 11 is 0. The molecular weight excluding hydrogens is 1600 g/mol. The van der Waals surface area contributed by atoms with Crippen molar-refractivity contribution in [2.24, 2.45) is 167 Å². The molecule has 38 atom stereocenters. The van der Waals surface area contributed by atoms with E-state index in [-0.39, 0.29) is 216 Å². The molecule has 13 nitrogen and oxygen atoms in total. The van der Waals surface area contributed by atoms with Gasteiger partial charge in [0.1, 0.15) is 28.0 Å². The molecule has 15 fully saturated rings. The van der Waals surface area contributed by atoms with Gasteiger partial charge < -0.3 is 58.0 Å². The summed E-state index contributed by atoms with van der Waals surface area (Å²) in [7, 11) is 1.00. The predicted molar refractivity (Wildman–Crippen MR) is 492 cm³/mol. The second-order valence-corrected chi connectivity index (χ2v) is 47.9. The summed E-state index contributed by atoms with van der Waals surface area (Å²) in [5.74, 6) is 21.6. The van der Waals surface area contributed by atoms with Crippen LogP contribution in [0.5, 0.6) is 0 Å². The van der Waals surface area contributed by atoms with Crippen LogP contribution in [-0.4, -0.2) is 136 Å². The number of carbonyl (C=O) groups is 2. The predicted octanol–water partition coefficient (Wildman–Crippen LogP) is 11.9. The summed E-state index contributed by atoms with van der Waals surface area (Å²) in [6, 6.07) is 0. The van der Waals surface area contributed by atoms with Gasteiger partial charge in [0.05, 0.1) is 24.4 Å². The van der Waals surface area contributed by atoms with Crippen LogP contribution in [0.4, 0.5) is 0 Å². The van der Waals surface area contributed by atoms with Crippen LogP contribution < -0.4 is 80.9 Å². The second kappa shape index (κ2) is 36.9. The Morgan fingerprint density at radius 1 is 0.310 bits per heavy atom. The molecule has 15 saturated carbocycles. The van der Waals surface area contributed by atoms with Gasteiger partial charge in [-0.2, -0.15) is 0 Å². The minimum Gasteiger partial charge on any atom is -1.00 e. The van der Waals surface area contributed by atoms with Crippen LogP contribution in [0.25, 0.3) is 0 Å². The van der Waals surface area contributed by atoms with Gasteiger partial charge in [-0.25, -0.2) is 0 Å². The van der Waals surface area contributed by atoms with Crippen molar-refractivity contribution in [1.29, 1.82) is 0 Å². The van der Waals surface area contributed by atoms with Crippen LogP contribution in [0.15, 0.2) is 58.2 Å². The first-order valence-electron chi connectivity index (χ1n) is 49.1. The minimum atomic E-state index is -1.03. The van der Waals surface area contributed by atoms with Crippen molar-refractivity contribution in [3.63, 3.8) is 0 Å². The molecule has 0 heterocycles. The molecule has 16 heteroatoms. The third-order valence-electron chi connectivity index (χ3n) is 43.2. The van der Waals surface area contributed by atoms with Crippen LogP contribution in [0, 0.1) is 228 Å². The summed E-state index contributed by atoms with van der Waals surface area (Å²) in [5.41, 5.74) is 1.55.